The zero-order chi connectivity index (χ0) is 14.4. The molecule has 1 heterocycles. The van der Waals surface area contributed by atoms with E-state index in [9.17, 15) is 0 Å². The van der Waals surface area contributed by atoms with Crippen LogP contribution in [0.3, 0.4) is 0 Å². The van der Waals surface area contributed by atoms with E-state index in [-0.39, 0.29) is 0 Å². The predicted molar refractivity (Wildman–Crippen MR) is 85.6 cm³/mol. The number of hydrogen-bond donors (Lipinski definition) is 0. The molecule has 4 nitrogen and oxygen atoms in total. The van der Waals surface area contributed by atoms with Crippen LogP contribution < -0.4 is 4.74 Å². The number of methoxy groups -OCH3 is 1. The number of aromatic nitrogens is 2. The van der Waals surface area contributed by atoms with Crippen LogP contribution in [0.2, 0.25) is 0 Å². The highest BCUT2D eigenvalue weighted by molar-refractivity contribution is 8.16. The molecule has 0 aliphatic carbocycles. The number of aryl methyl sites for hydroxylation is 1. The maximum Gasteiger partial charge on any atom is 0.235 e. The predicted octanol–water partition coefficient (Wildman–Crippen LogP) is 3.48. The van der Waals surface area contributed by atoms with Gasteiger partial charge in [-0.05, 0) is 17.5 Å². The molecule has 0 saturated carbocycles. The highest BCUT2D eigenvalue weighted by Gasteiger charge is 2.10. The van der Waals surface area contributed by atoms with Crippen LogP contribution in [0.5, 0.6) is 5.88 Å². The molecule has 20 heavy (non-hydrogen) atoms. The van der Waals surface area contributed by atoms with Gasteiger partial charge in [0, 0.05) is 19.9 Å². The standard InChI is InChI=1S/C15H17N3OS/c1-4-20-14(16-2)10-9-13-15(19-3)18-12-8-6-5-7-11(12)17-13/h4-8H,1,9-10H2,2-3H3. The molecule has 0 N–H and O–H groups in total. The van der Waals surface area contributed by atoms with Crippen LogP contribution in [0.4, 0.5) is 0 Å². The SMILES string of the molecule is C=CSC(CCc1nc2ccccc2nc1OC)=NC. The van der Waals surface area contributed by atoms with Gasteiger partial charge in [-0.1, -0.05) is 30.5 Å². The van der Waals surface area contributed by atoms with Crippen molar-refractivity contribution in [3.05, 3.63) is 41.9 Å². The van der Waals surface area contributed by atoms with Gasteiger partial charge in [-0.3, -0.25) is 4.99 Å². The van der Waals surface area contributed by atoms with Gasteiger partial charge >= 0.3 is 0 Å². The number of para-hydroxylation sites is 2. The molecule has 2 aromatic rings. The Morgan fingerprint density at radius 3 is 2.65 bits per heavy atom. The van der Waals surface area contributed by atoms with Gasteiger partial charge in [-0.25, -0.2) is 9.97 Å². The minimum absolute atomic E-state index is 0.586. The molecule has 2 rings (SSSR count). The van der Waals surface area contributed by atoms with E-state index in [4.69, 9.17) is 4.74 Å². The number of thioether (sulfide) groups is 1. The topological polar surface area (TPSA) is 47.4 Å². The van der Waals surface area contributed by atoms with Crippen molar-refractivity contribution in [1.29, 1.82) is 0 Å². The molecule has 0 aliphatic rings. The summed E-state index contributed by atoms with van der Waals surface area (Å²) in [5.74, 6) is 0.586. The first-order chi connectivity index (χ1) is 9.78. The molecule has 0 aliphatic heterocycles. The summed E-state index contributed by atoms with van der Waals surface area (Å²) < 4.78 is 5.34. The normalized spacial score (nSPS) is 11.6. The van der Waals surface area contributed by atoms with Gasteiger partial charge < -0.3 is 4.74 Å². The van der Waals surface area contributed by atoms with Crippen LogP contribution in [0, 0.1) is 0 Å². The fourth-order valence-electron chi connectivity index (χ4n) is 1.89. The summed E-state index contributed by atoms with van der Waals surface area (Å²) >= 11 is 1.54. The van der Waals surface area contributed by atoms with Crippen LogP contribution in [0.15, 0.2) is 41.2 Å². The molecule has 104 valence electrons. The zero-order valence-corrected chi connectivity index (χ0v) is 12.5. The fraction of sp³-hybridized carbons (Fsp3) is 0.267. The van der Waals surface area contributed by atoms with E-state index in [1.807, 2.05) is 24.3 Å². The molecule has 0 bridgehead atoms. The first-order valence-corrected chi connectivity index (χ1v) is 7.19. The average molecular weight is 287 g/mol. The van der Waals surface area contributed by atoms with Gasteiger partial charge in [0.1, 0.15) is 5.69 Å². The summed E-state index contributed by atoms with van der Waals surface area (Å²) in [5.41, 5.74) is 2.59. The Labute approximate surface area is 123 Å². The number of rotatable bonds is 5. The van der Waals surface area contributed by atoms with E-state index in [0.29, 0.717) is 5.88 Å². The minimum Gasteiger partial charge on any atom is -0.480 e. The number of fused-ring (bicyclic) bond motifs is 1. The lowest BCUT2D eigenvalue weighted by molar-refractivity contribution is 0.391. The van der Waals surface area contributed by atoms with Crippen LogP contribution in [0.25, 0.3) is 11.0 Å². The lowest BCUT2D eigenvalue weighted by atomic mass is 10.2. The summed E-state index contributed by atoms with van der Waals surface area (Å²) in [5, 5.41) is 2.81. The van der Waals surface area contributed by atoms with E-state index in [1.54, 1.807) is 19.6 Å². The molecule has 0 unspecified atom stereocenters. The lowest BCUT2D eigenvalue weighted by Crippen LogP contribution is -2.02. The third kappa shape index (κ3) is 3.36. The second kappa shape index (κ2) is 7.05. The van der Waals surface area contributed by atoms with Gasteiger partial charge in [0.15, 0.2) is 0 Å². The molecular weight excluding hydrogens is 270 g/mol. The van der Waals surface area contributed by atoms with Gasteiger partial charge in [0.2, 0.25) is 5.88 Å². The number of ether oxygens (including phenoxy) is 1. The van der Waals surface area contributed by atoms with Crippen LogP contribution in [-0.2, 0) is 6.42 Å². The second-order valence-electron chi connectivity index (χ2n) is 4.07. The van der Waals surface area contributed by atoms with Crippen molar-refractivity contribution in [3.8, 4) is 5.88 Å². The number of benzene rings is 1. The Kier molecular flexibility index (Phi) is 5.12. The molecular formula is C15H17N3OS. The summed E-state index contributed by atoms with van der Waals surface area (Å²) in [6.07, 6.45) is 1.55. The first-order valence-electron chi connectivity index (χ1n) is 6.31. The van der Waals surface area contributed by atoms with Crippen LogP contribution in [-0.4, -0.2) is 29.2 Å². The molecule has 0 radical (unpaired) electrons. The Morgan fingerprint density at radius 2 is 2.05 bits per heavy atom. The second-order valence-corrected chi connectivity index (χ2v) is 5.11. The van der Waals surface area contributed by atoms with Crippen LogP contribution in [0.1, 0.15) is 12.1 Å². The largest absolute Gasteiger partial charge is 0.480 e. The van der Waals surface area contributed by atoms with Crippen LogP contribution >= 0.6 is 11.8 Å². The quantitative estimate of drug-likeness (QED) is 0.624. The highest BCUT2D eigenvalue weighted by atomic mass is 32.2. The van der Waals surface area contributed by atoms with Gasteiger partial charge in [0.05, 0.1) is 23.2 Å². The smallest absolute Gasteiger partial charge is 0.235 e. The molecule has 0 saturated heterocycles. The molecule has 0 spiro atoms. The van der Waals surface area contributed by atoms with E-state index < -0.39 is 0 Å². The summed E-state index contributed by atoms with van der Waals surface area (Å²) in [6, 6.07) is 7.79. The van der Waals surface area contributed by atoms with Gasteiger partial charge in [0.25, 0.3) is 0 Å². The number of hydrogen-bond acceptors (Lipinski definition) is 5. The minimum atomic E-state index is 0.586. The third-order valence-corrected chi connectivity index (χ3v) is 3.67. The molecule has 0 amide bonds. The summed E-state index contributed by atoms with van der Waals surface area (Å²) in [6.45, 7) is 3.71. The monoisotopic (exact) mass is 287 g/mol. The first kappa shape index (κ1) is 14.5. The van der Waals surface area contributed by atoms with Gasteiger partial charge in [-0.2, -0.15) is 0 Å². The van der Waals surface area contributed by atoms with Crippen molar-refractivity contribution in [1.82, 2.24) is 9.97 Å². The maximum atomic E-state index is 5.34. The Hall–Kier alpha value is -1.88. The Bertz CT molecular complexity index is 640. The summed E-state index contributed by atoms with van der Waals surface area (Å²) in [4.78, 5) is 13.4. The zero-order valence-electron chi connectivity index (χ0n) is 11.7. The van der Waals surface area contributed by atoms with E-state index in [1.165, 1.54) is 11.8 Å². The Morgan fingerprint density at radius 1 is 1.35 bits per heavy atom. The summed E-state index contributed by atoms with van der Waals surface area (Å²) in [7, 11) is 3.41. The van der Waals surface area contributed by atoms with Gasteiger partial charge in [-0.15, -0.1) is 0 Å². The van der Waals surface area contributed by atoms with Crippen molar-refractivity contribution >= 4 is 27.8 Å². The number of aliphatic imine (C=N–C) groups is 1. The molecule has 1 aromatic carbocycles. The fourth-order valence-corrected chi connectivity index (χ4v) is 2.41. The maximum absolute atomic E-state index is 5.34. The third-order valence-electron chi connectivity index (χ3n) is 2.84. The van der Waals surface area contributed by atoms with Crippen molar-refractivity contribution in [3.63, 3.8) is 0 Å². The van der Waals surface area contributed by atoms with Crippen molar-refractivity contribution in [2.24, 2.45) is 4.99 Å². The number of nitrogens with zero attached hydrogens (tertiary/aromatic N) is 3. The van der Waals surface area contributed by atoms with E-state index in [0.717, 1.165) is 34.6 Å². The van der Waals surface area contributed by atoms with Crippen molar-refractivity contribution < 1.29 is 4.74 Å². The molecule has 1 aromatic heterocycles. The van der Waals surface area contributed by atoms with Crippen molar-refractivity contribution in [2.75, 3.05) is 14.2 Å². The Balaban J connectivity index is 2.26. The molecule has 0 fully saturated rings. The van der Waals surface area contributed by atoms with E-state index in [2.05, 4.69) is 21.5 Å². The molecule has 5 heteroatoms. The molecule has 0 atom stereocenters. The van der Waals surface area contributed by atoms with Crippen molar-refractivity contribution in [2.45, 2.75) is 12.8 Å². The lowest BCUT2D eigenvalue weighted by Gasteiger charge is -2.08. The average Bonchev–Trinajstić information content (AvgIpc) is 2.50. The van der Waals surface area contributed by atoms with E-state index >= 15 is 0 Å². The highest BCUT2D eigenvalue weighted by Crippen LogP contribution is 2.21.